The number of anilines is 1. The van der Waals surface area contributed by atoms with Crippen LogP contribution in [0.15, 0.2) is 83.7 Å². The summed E-state index contributed by atoms with van der Waals surface area (Å²) in [5, 5.41) is 0.755. The molecule has 0 saturated carbocycles. The van der Waals surface area contributed by atoms with Gasteiger partial charge >= 0.3 is 0 Å². The second-order valence-corrected chi connectivity index (χ2v) is 8.43. The lowest BCUT2D eigenvalue weighted by molar-refractivity contribution is -0.941. The Hall–Kier alpha value is -3.37. The van der Waals surface area contributed by atoms with Gasteiger partial charge in [0.25, 0.3) is 0 Å². The summed E-state index contributed by atoms with van der Waals surface area (Å²) < 4.78 is 0. The molecule has 0 fully saturated rings. The number of H-pyrrole nitrogens is 1. The summed E-state index contributed by atoms with van der Waals surface area (Å²) in [5.74, 6) is 0. The average Bonchev–Trinajstić information content (AvgIpc) is 2.77. The maximum atomic E-state index is 13.5. The van der Waals surface area contributed by atoms with Crippen LogP contribution in [-0.4, -0.2) is 19.1 Å². The van der Waals surface area contributed by atoms with Gasteiger partial charge in [0.05, 0.1) is 5.56 Å². The quantitative estimate of drug-likeness (QED) is 0.486. The third-order valence-corrected chi connectivity index (χ3v) is 5.83. The molecule has 2 N–H and O–H groups in total. The highest BCUT2D eigenvalue weighted by molar-refractivity contribution is 5.83. The number of hydrogen-bond acceptors (Lipinski definition) is 2. The molecule has 0 radical (unpaired) electrons. The highest BCUT2D eigenvalue weighted by Crippen LogP contribution is 2.18. The number of aromatic nitrogens is 1. The van der Waals surface area contributed by atoms with Crippen LogP contribution in [0.1, 0.15) is 22.4 Å². The Kier molecular flexibility index (Phi) is 6.19. The molecular weight excluding hydrogens is 382 g/mol. The van der Waals surface area contributed by atoms with Crippen molar-refractivity contribution in [1.82, 2.24) is 4.98 Å². The van der Waals surface area contributed by atoms with E-state index in [1.54, 1.807) is 0 Å². The molecule has 158 valence electrons. The summed E-state index contributed by atoms with van der Waals surface area (Å²) >= 11 is 0. The molecule has 4 heteroatoms. The number of benzene rings is 3. The van der Waals surface area contributed by atoms with Gasteiger partial charge in [-0.2, -0.15) is 0 Å². The van der Waals surface area contributed by atoms with Gasteiger partial charge in [-0.15, -0.1) is 0 Å². The molecule has 0 amide bonds. The molecule has 0 atom stereocenters. The monoisotopic (exact) mass is 412 g/mol. The van der Waals surface area contributed by atoms with Crippen LogP contribution >= 0.6 is 0 Å². The fraction of sp³-hybridized carbons (Fsp3) is 0.222. The molecule has 4 aromatic rings. The lowest BCUT2D eigenvalue weighted by atomic mass is 10.1. The van der Waals surface area contributed by atoms with Crippen molar-refractivity contribution in [3.05, 3.63) is 111 Å². The Morgan fingerprint density at radius 3 is 1.94 bits per heavy atom. The molecule has 0 spiro atoms. The molecule has 1 aromatic heterocycles. The smallest absolute Gasteiger partial charge is 0.198 e. The van der Waals surface area contributed by atoms with Gasteiger partial charge in [-0.25, -0.2) is 0 Å². The van der Waals surface area contributed by atoms with Crippen molar-refractivity contribution < 1.29 is 4.90 Å². The minimum atomic E-state index is 0.133. The third-order valence-electron chi connectivity index (χ3n) is 5.83. The number of aromatic amines is 1. The number of hydrogen-bond donors (Lipinski definition) is 2. The van der Waals surface area contributed by atoms with Gasteiger partial charge in [0.1, 0.15) is 19.6 Å². The molecule has 31 heavy (non-hydrogen) atoms. The number of aryl methyl sites for hydroxylation is 1. The molecule has 0 aliphatic heterocycles. The predicted molar refractivity (Wildman–Crippen MR) is 129 cm³/mol. The molecular formula is C27H30N3O+. The Bertz CT molecular complexity index is 1170. The van der Waals surface area contributed by atoms with Crippen LogP contribution in [0.3, 0.4) is 0 Å². The van der Waals surface area contributed by atoms with Crippen molar-refractivity contribution in [2.24, 2.45) is 0 Å². The van der Waals surface area contributed by atoms with Crippen molar-refractivity contribution in [2.75, 3.05) is 19.0 Å². The molecule has 0 aliphatic carbocycles. The largest absolute Gasteiger partial charge is 0.378 e. The van der Waals surface area contributed by atoms with Crippen molar-refractivity contribution in [3.63, 3.8) is 0 Å². The Morgan fingerprint density at radius 2 is 1.39 bits per heavy atom. The first kappa shape index (κ1) is 20.9. The Labute approximate surface area is 183 Å². The zero-order valence-electron chi connectivity index (χ0n) is 18.5. The lowest BCUT2D eigenvalue weighted by Gasteiger charge is -2.21. The van der Waals surface area contributed by atoms with Crippen molar-refractivity contribution in [2.45, 2.75) is 26.6 Å². The fourth-order valence-corrected chi connectivity index (χ4v) is 4.14. The molecule has 4 rings (SSSR count). The SMILES string of the molecule is Cc1[nH]c2ccc(N(C)C)cc2c(=O)c1C[NH+](Cc1ccccc1)Cc1ccccc1. The highest BCUT2D eigenvalue weighted by atomic mass is 16.1. The summed E-state index contributed by atoms with van der Waals surface area (Å²) in [5.41, 5.74) is 6.43. The standard InChI is InChI=1S/C27H29N3O/c1-20-25(27(31)24-16-23(29(2)3)14-15-26(24)28-20)19-30(17-21-10-6-4-7-11-21)18-22-12-8-5-9-13-22/h4-16H,17-19H2,1-3H3,(H,28,31)/p+1. The van der Waals surface area contributed by atoms with Crippen LogP contribution in [0.25, 0.3) is 10.9 Å². The minimum absolute atomic E-state index is 0.133. The van der Waals surface area contributed by atoms with Gasteiger partial charge in [-0.3, -0.25) is 4.79 Å². The van der Waals surface area contributed by atoms with Gasteiger partial charge in [0.15, 0.2) is 5.43 Å². The normalized spacial score (nSPS) is 11.2. The predicted octanol–water partition coefficient (Wildman–Crippen LogP) is 3.69. The number of nitrogens with zero attached hydrogens (tertiary/aromatic N) is 1. The van der Waals surface area contributed by atoms with Crippen molar-refractivity contribution in [3.8, 4) is 0 Å². The first-order valence-corrected chi connectivity index (χ1v) is 10.8. The molecule has 0 unspecified atom stereocenters. The molecule has 3 aromatic carbocycles. The summed E-state index contributed by atoms with van der Waals surface area (Å²) in [7, 11) is 3.99. The van der Waals surface area contributed by atoms with E-state index in [2.05, 4.69) is 53.5 Å². The topological polar surface area (TPSA) is 40.5 Å². The van der Waals surface area contributed by atoms with Gasteiger partial charge < -0.3 is 14.8 Å². The van der Waals surface area contributed by atoms with Crippen LogP contribution in [0.4, 0.5) is 5.69 Å². The average molecular weight is 413 g/mol. The molecule has 0 bridgehead atoms. The second-order valence-electron chi connectivity index (χ2n) is 8.43. The van der Waals surface area contributed by atoms with Crippen LogP contribution in [0.2, 0.25) is 0 Å². The highest BCUT2D eigenvalue weighted by Gasteiger charge is 2.18. The number of fused-ring (bicyclic) bond motifs is 1. The van der Waals surface area contributed by atoms with E-state index in [4.69, 9.17) is 0 Å². The van der Waals surface area contributed by atoms with E-state index in [-0.39, 0.29) is 5.43 Å². The molecule has 0 aliphatic rings. The van der Waals surface area contributed by atoms with Gasteiger partial charge in [0, 0.05) is 47.5 Å². The summed E-state index contributed by atoms with van der Waals surface area (Å²) in [4.78, 5) is 20.3. The lowest BCUT2D eigenvalue weighted by Crippen LogP contribution is -3.08. The zero-order valence-corrected chi connectivity index (χ0v) is 18.5. The maximum absolute atomic E-state index is 13.5. The maximum Gasteiger partial charge on any atom is 0.198 e. The van der Waals surface area contributed by atoms with Gasteiger partial charge in [-0.1, -0.05) is 60.7 Å². The second kappa shape index (κ2) is 9.19. The van der Waals surface area contributed by atoms with Crippen molar-refractivity contribution in [1.29, 1.82) is 0 Å². The van der Waals surface area contributed by atoms with Crippen LogP contribution in [0, 0.1) is 6.92 Å². The minimum Gasteiger partial charge on any atom is -0.378 e. The van der Waals surface area contributed by atoms with E-state index in [0.29, 0.717) is 6.54 Å². The molecule has 0 saturated heterocycles. The number of quaternary nitrogens is 1. The molecule has 1 heterocycles. The number of rotatable bonds is 7. The van der Waals surface area contributed by atoms with Gasteiger partial charge in [0.2, 0.25) is 0 Å². The van der Waals surface area contributed by atoms with E-state index >= 15 is 0 Å². The van der Waals surface area contributed by atoms with Crippen LogP contribution in [0.5, 0.6) is 0 Å². The van der Waals surface area contributed by atoms with Gasteiger partial charge in [-0.05, 0) is 25.1 Å². The summed E-state index contributed by atoms with van der Waals surface area (Å²) in [6.45, 7) is 4.42. The van der Waals surface area contributed by atoms with E-state index < -0.39 is 0 Å². The third kappa shape index (κ3) is 4.86. The fourth-order valence-electron chi connectivity index (χ4n) is 4.14. The Balaban J connectivity index is 1.71. The summed E-state index contributed by atoms with van der Waals surface area (Å²) in [6, 6.07) is 27.1. The van der Waals surface area contributed by atoms with Crippen LogP contribution < -0.4 is 15.2 Å². The Morgan fingerprint density at radius 1 is 0.806 bits per heavy atom. The van der Waals surface area contributed by atoms with E-state index in [0.717, 1.165) is 40.9 Å². The first-order chi connectivity index (χ1) is 15.0. The molecule has 4 nitrogen and oxygen atoms in total. The van der Waals surface area contributed by atoms with Crippen molar-refractivity contribution >= 4 is 16.6 Å². The van der Waals surface area contributed by atoms with E-state index in [1.165, 1.54) is 16.0 Å². The van der Waals surface area contributed by atoms with Crippen LogP contribution in [-0.2, 0) is 19.6 Å². The number of nitrogens with one attached hydrogen (secondary N) is 2. The van der Waals surface area contributed by atoms with E-state index in [9.17, 15) is 4.79 Å². The first-order valence-electron chi connectivity index (χ1n) is 10.8. The zero-order chi connectivity index (χ0) is 21.8. The number of pyridine rings is 1. The van der Waals surface area contributed by atoms with E-state index in [1.807, 2.05) is 56.3 Å². The summed E-state index contributed by atoms with van der Waals surface area (Å²) in [6.07, 6.45) is 0.